The maximum atomic E-state index is 10.2. The first-order valence-electron chi connectivity index (χ1n) is 1.99. The molecule has 4 N–H and O–H groups in total. The Labute approximate surface area is 118 Å². The Bertz CT molecular complexity index is 224. The summed E-state index contributed by atoms with van der Waals surface area (Å²) in [5.41, 5.74) is 0. The number of alkyl halides is 2. The fourth-order valence-electron chi connectivity index (χ4n) is 0.170. The Morgan fingerprint density at radius 3 is 1.17 bits per heavy atom. The van der Waals surface area contributed by atoms with E-state index in [1.807, 2.05) is 0 Å². The van der Waals surface area contributed by atoms with Crippen LogP contribution in [-0.4, -0.2) is 68.9 Å². The zero-order valence-electron chi connectivity index (χ0n) is 7.46. The van der Waals surface area contributed by atoms with Gasteiger partial charge in [-0.1, -0.05) is 23.2 Å². The fourth-order valence-corrected chi connectivity index (χ4v) is 1.53. The average Bonchev–Trinajstić information content (AvgIpc) is 1.58. The van der Waals surface area contributed by atoms with Gasteiger partial charge in [-0.2, -0.15) is 0 Å². The quantitative estimate of drug-likeness (QED) is 0.327. The van der Waals surface area contributed by atoms with Crippen LogP contribution in [0.2, 0.25) is 0 Å². The van der Waals surface area contributed by atoms with Crippen molar-refractivity contribution in [2.45, 2.75) is 3.82 Å². The van der Waals surface area contributed by atoms with E-state index in [2.05, 4.69) is 0 Å². The van der Waals surface area contributed by atoms with Crippen LogP contribution >= 0.6 is 38.4 Å². The topological polar surface area (TPSA) is 115 Å². The molecule has 0 heterocycles. The van der Waals surface area contributed by atoms with Crippen molar-refractivity contribution < 1.29 is 31.6 Å². The zero-order valence-corrected chi connectivity index (χ0v) is 12.2. The first kappa shape index (κ1) is 16.8. The number of rotatable bonds is 2. The SMILES string of the molecule is O=P(O)(O)C(Cl)(Cl)P(=O)(O)O.[H-].[H-].[Sr+2]. The van der Waals surface area contributed by atoms with E-state index in [-0.39, 0.29) is 48.3 Å². The summed E-state index contributed by atoms with van der Waals surface area (Å²) >= 11 is 9.46. The summed E-state index contributed by atoms with van der Waals surface area (Å²) in [4.78, 5) is 32.9. The van der Waals surface area contributed by atoms with Crippen molar-refractivity contribution in [1.29, 1.82) is 0 Å². The second-order valence-corrected chi connectivity index (χ2v) is 7.85. The van der Waals surface area contributed by atoms with Gasteiger partial charge in [0.25, 0.3) is 0 Å². The minimum atomic E-state index is -5.22. The Morgan fingerprint density at radius 1 is 1.00 bits per heavy atom. The molecule has 0 radical (unpaired) electrons. The van der Waals surface area contributed by atoms with Gasteiger partial charge in [-0.25, -0.2) is 0 Å². The molecule has 0 bridgehead atoms. The fraction of sp³-hybridized carbons (Fsp3) is 1.00. The number of hydrogen-bond acceptors (Lipinski definition) is 2. The van der Waals surface area contributed by atoms with Crippen molar-refractivity contribution >= 4 is 83.9 Å². The van der Waals surface area contributed by atoms with E-state index in [9.17, 15) is 9.13 Å². The summed E-state index contributed by atoms with van der Waals surface area (Å²) in [6, 6.07) is 0. The van der Waals surface area contributed by atoms with Crippen molar-refractivity contribution in [2.75, 3.05) is 0 Å². The average molecular weight is 335 g/mol. The van der Waals surface area contributed by atoms with Crippen molar-refractivity contribution in [1.82, 2.24) is 0 Å². The molecular formula is CH6Cl2O6P2Sr. The van der Waals surface area contributed by atoms with E-state index in [1.54, 1.807) is 0 Å². The van der Waals surface area contributed by atoms with Crippen molar-refractivity contribution in [3.63, 3.8) is 0 Å². The van der Waals surface area contributed by atoms with E-state index in [4.69, 9.17) is 42.8 Å². The molecule has 0 spiro atoms. The molecule has 0 atom stereocenters. The normalized spacial score (nSPS) is 13.8. The number of halogens is 2. The Kier molecular flexibility index (Phi) is 6.88. The van der Waals surface area contributed by atoms with Crippen molar-refractivity contribution in [3.05, 3.63) is 0 Å². The van der Waals surface area contributed by atoms with Gasteiger partial charge >= 0.3 is 64.5 Å². The van der Waals surface area contributed by atoms with Crippen molar-refractivity contribution in [2.24, 2.45) is 0 Å². The molecule has 0 fully saturated rings. The first-order chi connectivity index (χ1) is 4.50. The van der Waals surface area contributed by atoms with Crippen LogP contribution in [0, 0.1) is 0 Å². The molecule has 0 aromatic carbocycles. The van der Waals surface area contributed by atoms with Crippen LogP contribution in [-0.2, 0) is 9.13 Å². The second kappa shape index (κ2) is 4.92. The van der Waals surface area contributed by atoms with Gasteiger partial charge in [0.2, 0.25) is 0 Å². The van der Waals surface area contributed by atoms with Crippen LogP contribution in [0.5, 0.6) is 0 Å². The Hall–Kier alpha value is 2.36. The molecule has 0 unspecified atom stereocenters. The summed E-state index contributed by atoms with van der Waals surface area (Å²) in [5, 5.41) is 0. The van der Waals surface area contributed by atoms with E-state index < -0.39 is 19.0 Å². The molecule has 6 nitrogen and oxygen atoms in total. The smallest absolute Gasteiger partial charge is 1.00 e. The third-order valence-electron chi connectivity index (χ3n) is 0.701. The summed E-state index contributed by atoms with van der Waals surface area (Å²) in [5.74, 6) is 0. The van der Waals surface area contributed by atoms with Gasteiger partial charge in [-0.05, 0) is 0 Å². The van der Waals surface area contributed by atoms with Gasteiger partial charge in [0.15, 0.2) is 0 Å². The van der Waals surface area contributed by atoms with Crippen LogP contribution in [0.3, 0.4) is 0 Å². The monoisotopic (exact) mass is 334 g/mol. The van der Waals surface area contributed by atoms with Crippen LogP contribution in [0.15, 0.2) is 0 Å². The molecule has 11 heteroatoms. The second-order valence-electron chi connectivity index (χ2n) is 1.60. The minimum absolute atomic E-state index is 0. The molecule has 12 heavy (non-hydrogen) atoms. The zero-order chi connectivity index (χ0) is 9.50. The third-order valence-corrected chi connectivity index (χ3v) is 6.31. The van der Waals surface area contributed by atoms with Gasteiger partial charge in [-0.15, -0.1) is 0 Å². The van der Waals surface area contributed by atoms with Gasteiger partial charge < -0.3 is 22.4 Å². The predicted molar refractivity (Wildman–Crippen MR) is 46.5 cm³/mol. The summed E-state index contributed by atoms with van der Waals surface area (Å²) in [6.45, 7) is 0. The molecular weight excluding hydrogens is 328 g/mol. The van der Waals surface area contributed by atoms with E-state index in [0.717, 1.165) is 0 Å². The van der Waals surface area contributed by atoms with Crippen LogP contribution in [0.25, 0.3) is 0 Å². The van der Waals surface area contributed by atoms with Gasteiger partial charge in [-0.3, -0.25) is 9.13 Å². The summed E-state index contributed by atoms with van der Waals surface area (Å²) < 4.78 is 17.1. The molecule has 0 aliphatic carbocycles. The van der Waals surface area contributed by atoms with Crippen molar-refractivity contribution in [3.8, 4) is 0 Å². The van der Waals surface area contributed by atoms with E-state index in [1.165, 1.54) is 0 Å². The standard InChI is InChI=1S/CH4Cl2O6P2.Sr.2H/c2-1(3,10(4,5)6)11(7,8)9;;;/h(H2,4,5,6)(H2,7,8,9);;;/q;+2;2*-1. The number of hydrogen-bond donors (Lipinski definition) is 4. The van der Waals surface area contributed by atoms with Gasteiger partial charge in [0, 0.05) is 0 Å². The molecule has 0 aromatic heterocycles. The summed E-state index contributed by atoms with van der Waals surface area (Å²) in [7, 11) is -10.4. The molecule has 0 saturated heterocycles. The molecule has 72 valence electrons. The Morgan fingerprint density at radius 2 is 1.17 bits per heavy atom. The minimum Gasteiger partial charge on any atom is -1.00 e. The maximum absolute atomic E-state index is 10.2. The summed E-state index contributed by atoms with van der Waals surface area (Å²) in [6.07, 6.45) is 0. The van der Waals surface area contributed by atoms with Crippen LogP contribution < -0.4 is 0 Å². The third kappa shape index (κ3) is 3.85. The van der Waals surface area contributed by atoms with E-state index in [0.29, 0.717) is 0 Å². The van der Waals surface area contributed by atoms with Crippen LogP contribution in [0.4, 0.5) is 0 Å². The molecule has 0 saturated carbocycles. The first-order valence-corrected chi connectivity index (χ1v) is 5.97. The molecule has 0 aliphatic heterocycles. The molecule has 0 aliphatic rings. The predicted octanol–water partition coefficient (Wildman–Crippen LogP) is 0.275. The van der Waals surface area contributed by atoms with Gasteiger partial charge in [0.1, 0.15) is 0 Å². The molecule has 0 aromatic rings. The largest absolute Gasteiger partial charge is 2.00 e. The maximum Gasteiger partial charge on any atom is 2.00 e. The van der Waals surface area contributed by atoms with E-state index >= 15 is 0 Å². The molecule has 0 amide bonds. The van der Waals surface area contributed by atoms with Gasteiger partial charge in [0.05, 0.1) is 0 Å². The molecule has 0 rings (SSSR count). The Balaban J connectivity index is -0.000000167. The van der Waals surface area contributed by atoms with Crippen LogP contribution in [0.1, 0.15) is 2.85 Å².